The highest BCUT2D eigenvalue weighted by Crippen LogP contribution is 2.47. The molecular weight excluding hydrogens is 703 g/mol. The molecule has 14 nitrogen and oxygen atoms in total. The Morgan fingerprint density at radius 3 is 2.43 bits per heavy atom. The maximum atomic E-state index is 14.5. The fraction of sp³-hybridized carbons (Fsp3) is 0.711. The zero-order chi connectivity index (χ0) is 38.5. The Kier molecular flexibility index (Phi) is 10.6. The van der Waals surface area contributed by atoms with Crippen molar-refractivity contribution in [2.24, 2.45) is 16.7 Å². The van der Waals surface area contributed by atoms with Gasteiger partial charge >= 0.3 is 12.2 Å². The van der Waals surface area contributed by atoms with Gasteiger partial charge in [-0.15, -0.1) is 0 Å². The lowest BCUT2D eigenvalue weighted by atomic mass is 9.85. The minimum atomic E-state index is -3.88. The zero-order valence-corrected chi connectivity index (χ0v) is 32.6. The van der Waals surface area contributed by atoms with E-state index >= 15 is 0 Å². The Balaban J connectivity index is 1.28. The second-order valence-electron chi connectivity index (χ2n) is 17.5. The molecule has 3 aliphatic heterocycles. The lowest BCUT2D eigenvalue weighted by molar-refractivity contribution is -0.143. The van der Waals surface area contributed by atoms with Crippen LogP contribution in [-0.2, 0) is 53.4 Å². The van der Waals surface area contributed by atoms with Gasteiger partial charge in [-0.05, 0) is 72.0 Å². The summed E-state index contributed by atoms with van der Waals surface area (Å²) in [7, 11) is -3.88. The van der Waals surface area contributed by atoms with E-state index in [0.717, 1.165) is 36.8 Å². The van der Waals surface area contributed by atoms with Gasteiger partial charge < -0.3 is 25.0 Å². The van der Waals surface area contributed by atoms with E-state index in [4.69, 9.17) is 9.47 Å². The van der Waals surface area contributed by atoms with Crippen LogP contribution in [0.2, 0.25) is 0 Å². The summed E-state index contributed by atoms with van der Waals surface area (Å²) < 4.78 is 39.3. The van der Waals surface area contributed by atoms with Gasteiger partial charge in [-0.2, -0.15) is 0 Å². The third-order valence-corrected chi connectivity index (χ3v) is 13.3. The number of fused-ring (bicyclic) bond motifs is 3. The molecule has 5 amide bonds. The number of hydrogen-bond donors (Lipinski definition) is 3. The number of nitrogens with zero attached hydrogens (tertiary/aromatic N) is 2. The van der Waals surface area contributed by atoms with E-state index in [-0.39, 0.29) is 37.3 Å². The van der Waals surface area contributed by atoms with E-state index < -0.39 is 74.3 Å². The molecule has 0 aromatic heterocycles. The summed E-state index contributed by atoms with van der Waals surface area (Å²) in [4.78, 5) is 72.1. The third-order valence-electron chi connectivity index (χ3n) is 11.5. The van der Waals surface area contributed by atoms with Crippen LogP contribution in [0.25, 0.3) is 0 Å². The molecule has 2 saturated carbocycles. The predicted molar refractivity (Wildman–Crippen MR) is 194 cm³/mol. The lowest BCUT2D eigenvalue weighted by Gasteiger charge is -2.35. The van der Waals surface area contributed by atoms with Crippen LogP contribution in [0.3, 0.4) is 0 Å². The molecule has 2 aliphatic carbocycles. The van der Waals surface area contributed by atoms with Gasteiger partial charge in [-0.1, -0.05) is 72.6 Å². The number of aryl methyl sites for hydroxylation is 1. The van der Waals surface area contributed by atoms with Crippen LogP contribution in [0, 0.1) is 16.7 Å². The lowest BCUT2D eigenvalue weighted by Crippen LogP contribution is -2.60. The van der Waals surface area contributed by atoms with E-state index in [0.29, 0.717) is 32.4 Å². The Labute approximate surface area is 312 Å². The van der Waals surface area contributed by atoms with Gasteiger partial charge in [0.25, 0.3) is 5.91 Å². The Morgan fingerprint density at radius 2 is 1.77 bits per heavy atom. The number of carbonyl (C=O) groups is 5. The van der Waals surface area contributed by atoms with Gasteiger partial charge in [-0.25, -0.2) is 18.0 Å². The highest BCUT2D eigenvalue weighted by atomic mass is 32.2. The summed E-state index contributed by atoms with van der Waals surface area (Å²) in [5.74, 6) is -2.33. The number of rotatable bonds is 6. The Morgan fingerprint density at radius 1 is 1.06 bits per heavy atom. The van der Waals surface area contributed by atoms with E-state index in [9.17, 15) is 32.4 Å². The van der Waals surface area contributed by atoms with Gasteiger partial charge in [0.15, 0.2) is 0 Å². The number of amides is 5. The third kappa shape index (κ3) is 8.44. The summed E-state index contributed by atoms with van der Waals surface area (Å²) in [5, 5.41) is 4.95. The summed E-state index contributed by atoms with van der Waals surface area (Å²) in [6.45, 7) is 12.1. The van der Waals surface area contributed by atoms with Crippen LogP contribution >= 0.6 is 0 Å². The number of benzene rings is 1. The van der Waals surface area contributed by atoms with Crippen LogP contribution in [0.5, 0.6) is 0 Å². The standard InChI is InChI=1S/C38H55N5O9S/c1-7-25-18-38(25,33(46)41-53(49,50)27-14-15-27)40-31(44)29-17-26-20-43(29)32(45)30(36(2,3)4)39-34(47)51-22-37(5,6)16-9-8-11-23-12-10-13-24-19-42(21-28(23)24)35(48)52-26/h10,12-13,25-27,29-30H,7-9,11,14-22H2,1-6H3,(H,39,47)(H,40,44)(H,41,46)/t25-,26-,29+,30-,38?/m1/s1. The van der Waals surface area contributed by atoms with Crippen LogP contribution in [0.4, 0.5) is 9.59 Å². The first-order valence-corrected chi connectivity index (χ1v) is 20.6. The largest absolute Gasteiger partial charge is 0.449 e. The average molecular weight is 758 g/mol. The van der Waals surface area contributed by atoms with Crippen LogP contribution in [0.1, 0.15) is 110 Å². The number of ether oxygens (including phenoxy) is 2. The molecule has 1 aromatic rings. The maximum Gasteiger partial charge on any atom is 0.410 e. The fourth-order valence-corrected chi connectivity index (χ4v) is 9.33. The molecular formula is C38H55N5O9S. The molecule has 3 fully saturated rings. The molecule has 0 spiro atoms. The smallest absolute Gasteiger partial charge is 0.410 e. The Bertz CT molecular complexity index is 1750. The highest BCUT2D eigenvalue weighted by molar-refractivity contribution is 7.91. The molecule has 5 aliphatic rings. The van der Waals surface area contributed by atoms with Crippen LogP contribution in [-0.4, -0.2) is 90.3 Å². The Hall–Kier alpha value is -3.88. The van der Waals surface area contributed by atoms with Crippen LogP contribution in [0.15, 0.2) is 18.2 Å². The molecule has 292 valence electrons. The van der Waals surface area contributed by atoms with E-state index in [1.54, 1.807) is 25.7 Å². The number of sulfonamides is 1. The fourth-order valence-electron chi connectivity index (χ4n) is 7.97. The summed E-state index contributed by atoms with van der Waals surface area (Å²) in [6, 6.07) is 3.80. The first-order valence-electron chi connectivity index (χ1n) is 19.0. The van der Waals surface area contributed by atoms with Gasteiger partial charge in [0.2, 0.25) is 21.8 Å². The SMILES string of the molecule is CC[C@@H]1CC1(NC(=O)[C@@H]1C[C@@H]2CN1C(=O)[C@H](C(C)(C)C)NC(=O)OCC(C)(C)CCCCc1cccc3c1CN(C3)C(=O)O2)C(=O)NS(=O)(=O)C1CC1. The van der Waals surface area contributed by atoms with Crippen molar-refractivity contribution in [2.45, 2.75) is 141 Å². The normalized spacial score (nSPS) is 29.4. The zero-order valence-electron chi connectivity index (χ0n) is 31.8. The van der Waals surface area contributed by atoms with Crippen LogP contribution < -0.4 is 15.4 Å². The molecule has 1 unspecified atom stereocenters. The van der Waals surface area contributed by atoms with Gasteiger partial charge in [0, 0.05) is 19.5 Å². The number of cyclic esters (lactones) is 1. The quantitative estimate of drug-likeness (QED) is 0.388. The highest BCUT2D eigenvalue weighted by Gasteiger charge is 2.62. The second-order valence-corrected chi connectivity index (χ2v) is 19.5. The molecule has 1 aromatic carbocycles. The van der Waals surface area contributed by atoms with Gasteiger partial charge in [-0.3, -0.25) is 24.0 Å². The molecule has 15 heteroatoms. The van der Waals surface area contributed by atoms with E-state index in [1.807, 2.05) is 32.9 Å². The van der Waals surface area contributed by atoms with Crippen molar-refractivity contribution in [1.82, 2.24) is 25.2 Å². The molecule has 3 heterocycles. The first-order chi connectivity index (χ1) is 24.8. The van der Waals surface area contributed by atoms with Crippen molar-refractivity contribution in [3.05, 3.63) is 34.9 Å². The minimum absolute atomic E-state index is 0.0558. The second kappa shape index (κ2) is 14.4. The number of carbonyl (C=O) groups excluding carboxylic acids is 5. The summed E-state index contributed by atoms with van der Waals surface area (Å²) >= 11 is 0. The van der Waals surface area contributed by atoms with Gasteiger partial charge in [0.1, 0.15) is 23.7 Å². The first kappa shape index (κ1) is 38.8. The minimum Gasteiger partial charge on any atom is -0.449 e. The number of alkyl carbamates (subject to hydrolysis) is 1. The molecule has 0 radical (unpaired) electrons. The molecule has 5 atom stereocenters. The molecule has 1 saturated heterocycles. The summed E-state index contributed by atoms with van der Waals surface area (Å²) in [5.41, 5.74) is 0.742. The van der Waals surface area contributed by atoms with Crippen molar-refractivity contribution >= 4 is 39.9 Å². The van der Waals surface area contributed by atoms with Crippen molar-refractivity contribution in [3.8, 4) is 0 Å². The van der Waals surface area contributed by atoms with Crippen molar-refractivity contribution in [1.29, 1.82) is 0 Å². The molecule has 6 rings (SSSR count). The molecule has 53 heavy (non-hydrogen) atoms. The van der Waals surface area contributed by atoms with Crippen molar-refractivity contribution < 1.29 is 41.9 Å². The number of hydrogen-bond acceptors (Lipinski definition) is 9. The average Bonchev–Trinajstić information content (AvgIpc) is 3.97. The molecule has 3 N–H and O–H groups in total. The molecule has 4 bridgehead atoms. The topological polar surface area (TPSA) is 181 Å². The summed E-state index contributed by atoms with van der Waals surface area (Å²) in [6.07, 6.45) is 2.94. The van der Waals surface area contributed by atoms with E-state index in [2.05, 4.69) is 21.4 Å². The predicted octanol–water partition coefficient (Wildman–Crippen LogP) is 3.90. The van der Waals surface area contributed by atoms with Gasteiger partial charge in [0.05, 0.1) is 18.4 Å². The van der Waals surface area contributed by atoms with Crippen molar-refractivity contribution in [2.75, 3.05) is 13.2 Å². The van der Waals surface area contributed by atoms with E-state index in [1.165, 1.54) is 10.5 Å². The monoisotopic (exact) mass is 757 g/mol. The maximum absolute atomic E-state index is 14.5. The van der Waals surface area contributed by atoms with Crippen molar-refractivity contribution in [3.63, 3.8) is 0 Å². The number of nitrogens with one attached hydrogen (secondary N) is 3.